The molecule has 1 fully saturated rings. The van der Waals surface area contributed by atoms with Gasteiger partial charge in [-0.3, -0.25) is 19.9 Å². The summed E-state index contributed by atoms with van der Waals surface area (Å²) in [6.45, 7) is 0. The van der Waals surface area contributed by atoms with Crippen molar-refractivity contribution in [2.24, 2.45) is 10.9 Å². The Morgan fingerprint density at radius 2 is 1.96 bits per heavy atom. The molecule has 2 aromatic rings. The lowest BCUT2D eigenvalue weighted by Crippen LogP contribution is -2.58. The molecule has 1 saturated heterocycles. The van der Waals surface area contributed by atoms with Crippen molar-refractivity contribution in [1.82, 2.24) is 5.32 Å². The van der Waals surface area contributed by atoms with Crippen LogP contribution in [-0.4, -0.2) is 31.2 Å². The van der Waals surface area contributed by atoms with Gasteiger partial charge in [-0.05, 0) is 46.3 Å². The number of imide groups is 2. The van der Waals surface area contributed by atoms with Crippen molar-refractivity contribution >= 4 is 63.0 Å². The Balaban J connectivity index is 1.92. The third-order valence-corrected chi connectivity index (χ3v) is 5.04. The monoisotopic (exact) mass is 449 g/mol. The lowest BCUT2D eigenvalue weighted by atomic mass is 10.1. The van der Waals surface area contributed by atoms with Crippen LogP contribution in [0.15, 0.2) is 51.9 Å². The van der Waals surface area contributed by atoms with Crippen molar-refractivity contribution in [1.29, 1.82) is 0 Å². The van der Waals surface area contributed by atoms with Crippen molar-refractivity contribution in [2.75, 3.05) is 12.0 Å². The third-order valence-electron chi connectivity index (χ3n) is 3.80. The first-order valence-electron chi connectivity index (χ1n) is 7.73. The number of urea groups is 1. The summed E-state index contributed by atoms with van der Waals surface area (Å²) in [5, 5.41) is 2.60. The molecule has 1 aliphatic heterocycles. The second-order valence-electron chi connectivity index (χ2n) is 5.49. The summed E-state index contributed by atoms with van der Waals surface area (Å²) in [7, 11) is 1.42. The Bertz CT molecular complexity index is 963. The zero-order valence-corrected chi connectivity index (χ0v) is 16.3. The van der Waals surface area contributed by atoms with E-state index < -0.39 is 23.8 Å². The second kappa shape index (κ2) is 7.89. The van der Waals surface area contributed by atoms with Gasteiger partial charge in [-0.25, -0.2) is 9.69 Å². The standard InChI is InChI=1S/C18H13BrClN3O4/c1-27-15-5-3-2-4-14(15)23-17(25)11(16(24)22-18(23)26)9-21-10-6-7-12(19)13(20)8-10/h2-9,11H,1H3,(H,22,24,26)/t11-/m0/s1. The summed E-state index contributed by atoms with van der Waals surface area (Å²) >= 11 is 9.29. The molecule has 1 aliphatic rings. The van der Waals surface area contributed by atoms with Crippen LogP contribution in [0.1, 0.15) is 0 Å². The van der Waals surface area contributed by atoms with Crippen molar-refractivity contribution in [3.63, 3.8) is 0 Å². The van der Waals surface area contributed by atoms with Gasteiger partial charge in [0, 0.05) is 10.7 Å². The Morgan fingerprint density at radius 1 is 1.22 bits per heavy atom. The molecule has 138 valence electrons. The highest BCUT2D eigenvalue weighted by atomic mass is 79.9. The molecule has 3 rings (SSSR count). The fourth-order valence-corrected chi connectivity index (χ4v) is 2.91. The SMILES string of the molecule is COc1ccccc1N1C(=O)NC(=O)[C@H](C=Nc2ccc(Br)c(Cl)c2)C1=O. The molecule has 1 heterocycles. The predicted octanol–water partition coefficient (Wildman–Crippen LogP) is 3.71. The maximum atomic E-state index is 12.8. The molecule has 0 aliphatic carbocycles. The molecule has 9 heteroatoms. The number of barbiturate groups is 1. The quantitative estimate of drug-likeness (QED) is 0.568. The van der Waals surface area contributed by atoms with E-state index in [4.69, 9.17) is 16.3 Å². The van der Waals surface area contributed by atoms with Gasteiger partial charge >= 0.3 is 6.03 Å². The van der Waals surface area contributed by atoms with Crippen LogP contribution in [0.25, 0.3) is 0 Å². The smallest absolute Gasteiger partial charge is 0.335 e. The van der Waals surface area contributed by atoms with Gasteiger partial charge in [0.25, 0.3) is 5.91 Å². The largest absolute Gasteiger partial charge is 0.495 e. The molecule has 0 radical (unpaired) electrons. The van der Waals surface area contributed by atoms with Gasteiger partial charge < -0.3 is 4.74 Å². The highest BCUT2D eigenvalue weighted by Gasteiger charge is 2.41. The van der Waals surface area contributed by atoms with Crippen molar-refractivity contribution in [3.8, 4) is 5.75 Å². The number of aliphatic imine (C=N–C) groups is 1. The van der Waals surface area contributed by atoms with Crippen LogP contribution in [-0.2, 0) is 9.59 Å². The van der Waals surface area contributed by atoms with E-state index in [0.29, 0.717) is 20.9 Å². The van der Waals surface area contributed by atoms with Crippen LogP contribution in [0, 0.1) is 5.92 Å². The van der Waals surface area contributed by atoms with Gasteiger partial charge in [-0.15, -0.1) is 0 Å². The number of benzene rings is 2. The number of anilines is 1. The average molecular weight is 451 g/mol. The van der Waals surface area contributed by atoms with E-state index in [1.807, 2.05) is 0 Å². The molecule has 0 aromatic heterocycles. The van der Waals surface area contributed by atoms with Crippen LogP contribution in [0.5, 0.6) is 5.75 Å². The lowest BCUT2D eigenvalue weighted by molar-refractivity contribution is -0.131. The van der Waals surface area contributed by atoms with E-state index in [9.17, 15) is 14.4 Å². The average Bonchev–Trinajstić information content (AvgIpc) is 2.64. The van der Waals surface area contributed by atoms with Crippen molar-refractivity contribution in [3.05, 3.63) is 52.0 Å². The van der Waals surface area contributed by atoms with E-state index in [1.54, 1.807) is 42.5 Å². The molecule has 2 aromatic carbocycles. The van der Waals surface area contributed by atoms with Crippen LogP contribution < -0.4 is 15.0 Å². The molecule has 27 heavy (non-hydrogen) atoms. The first kappa shape index (κ1) is 19.1. The number of hydrogen-bond donors (Lipinski definition) is 1. The fraction of sp³-hybridized carbons (Fsp3) is 0.111. The van der Waals surface area contributed by atoms with Crippen molar-refractivity contribution in [2.45, 2.75) is 0 Å². The number of carbonyl (C=O) groups excluding carboxylic acids is 3. The zero-order valence-electron chi connectivity index (χ0n) is 14.0. The number of para-hydroxylation sites is 2. The number of nitrogens with zero attached hydrogens (tertiary/aromatic N) is 2. The van der Waals surface area contributed by atoms with Crippen molar-refractivity contribution < 1.29 is 19.1 Å². The third kappa shape index (κ3) is 3.86. The molecule has 0 spiro atoms. The molecule has 1 atom stereocenters. The van der Waals surface area contributed by atoms with Crippen LogP contribution in [0.2, 0.25) is 5.02 Å². The van der Waals surface area contributed by atoms with E-state index >= 15 is 0 Å². The van der Waals surface area contributed by atoms with Crippen LogP contribution in [0.3, 0.4) is 0 Å². The summed E-state index contributed by atoms with van der Waals surface area (Å²) in [5.41, 5.74) is 0.699. The van der Waals surface area contributed by atoms with Crippen LogP contribution >= 0.6 is 27.5 Å². The number of amides is 4. The number of ether oxygens (including phenoxy) is 1. The topological polar surface area (TPSA) is 88.1 Å². The minimum absolute atomic E-state index is 0.236. The predicted molar refractivity (Wildman–Crippen MR) is 105 cm³/mol. The minimum atomic E-state index is -1.27. The first-order valence-corrected chi connectivity index (χ1v) is 8.90. The highest BCUT2D eigenvalue weighted by molar-refractivity contribution is 9.10. The fourth-order valence-electron chi connectivity index (χ4n) is 2.49. The molecular formula is C18H13BrClN3O4. The van der Waals surface area contributed by atoms with Gasteiger partial charge in [0.1, 0.15) is 5.75 Å². The molecular weight excluding hydrogens is 438 g/mol. The molecule has 0 unspecified atom stereocenters. The van der Waals surface area contributed by atoms with Gasteiger partial charge in [0.2, 0.25) is 5.91 Å². The van der Waals surface area contributed by atoms with E-state index in [0.717, 1.165) is 4.90 Å². The summed E-state index contributed by atoms with van der Waals surface area (Å²) in [6, 6.07) is 10.6. The highest BCUT2D eigenvalue weighted by Crippen LogP contribution is 2.31. The van der Waals surface area contributed by atoms with Crippen LogP contribution in [0.4, 0.5) is 16.2 Å². The van der Waals surface area contributed by atoms with Gasteiger partial charge in [-0.1, -0.05) is 23.7 Å². The number of hydrogen-bond acceptors (Lipinski definition) is 5. The Kier molecular flexibility index (Phi) is 5.57. The maximum Gasteiger partial charge on any atom is 0.335 e. The van der Waals surface area contributed by atoms with E-state index in [-0.39, 0.29) is 5.69 Å². The first-order chi connectivity index (χ1) is 12.9. The van der Waals surface area contributed by atoms with Gasteiger partial charge in [-0.2, -0.15) is 0 Å². The summed E-state index contributed by atoms with van der Waals surface area (Å²) < 4.78 is 5.90. The number of halogens is 2. The maximum absolute atomic E-state index is 12.8. The number of carbonyl (C=O) groups is 3. The van der Waals surface area contributed by atoms with Gasteiger partial charge in [0.05, 0.1) is 23.5 Å². The molecule has 0 saturated carbocycles. The minimum Gasteiger partial charge on any atom is -0.495 e. The molecule has 4 amide bonds. The molecule has 7 nitrogen and oxygen atoms in total. The molecule has 1 N–H and O–H groups in total. The number of methoxy groups -OCH3 is 1. The normalized spacial score (nSPS) is 17.4. The van der Waals surface area contributed by atoms with E-state index in [1.165, 1.54) is 13.3 Å². The number of rotatable bonds is 4. The zero-order chi connectivity index (χ0) is 19.6. The van der Waals surface area contributed by atoms with E-state index in [2.05, 4.69) is 26.2 Å². The Hall–Kier alpha value is -2.71. The summed E-state index contributed by atoms with van der Waals surface area (Å²) in [6.07, 6.45) is 1.19. The molecule has 0 bridgehead atoms. The summed E-state index contributed by atoms with van der Waals surface area (Å²) in [4.78, 5) is 42.2. The Labute approximate surface area is 168 Å². The second-order valence-corrected chi connectivity index (χ2v) is 6.76. The van der Waals surface area contributed by atoms with Gasteiger partial charge in [0.15, 0.2) is 5.92 Å². The Morgan fingerprint density at radius 3 is 2.67 bits per heavy atom. The lowest BCUT2D eigenvalue weighted by Gasteiger charge is -2.29. The summed E-state index contributed by atoms with van der Waals surface area (Å²) in [5.74, 6) is -2.41. The number of nitrogens with one attached hydrogen (secondary N) is 1.